The van der Waals surface area contributed by atoms with Crippen LogP contribution in [0, 0.1) is 6.92 Å². The molecule has 0 radical (unpaired) electrons. The summed E-state index contributed by atoms with van der Waals surface area (Å²) in [5.74, 6) is -0.959. The predicted molar refractivity (Wildman–Crippen MR) is 145 cm³/mol. The maximum atomic E-state index is 13.2. The lowest BCUT2D eigenvalue weighted by Gasteiger charge is -2.25. The SMILES string of the molecule is Cc1ccccc1COc1ccc(C(O)=C2C(=O)C(=O)N(CCC[n+]3cc[nH]c3)C2c2ccc(O)cc2)cc1. The number of nitrogens with one attached hydrogen (secondary N) is 1. The number of aryl methyl sites for hydroxylation is 2. The van der Waals surface area contributed by atoms with Crippen LogP contribution in [0.1, 0.15) is 34.7 Å². The number of benzene rings is 3. The Labute approximate surface area is 226 Å². The van der Waals surface area contributed by atoms with Crippen LogP contribution in [0.25, 0.3) is 5.76 Å². The summed E-state index contributed by atoms with van der Waals surface area (Å²) >= 11 is 0. The number of likely N-dealkylation sites (tertiary alicyclic amines) is 1. The molecule has 2 heterocycles. The van der Waals surface area contributed by atoms with Gasteiger partial charge in [-0.2, -0.15) is 0 Å². The number of rotatable bonds is 9. The molecule has 1 aliphatic heterocycles. The van der Waals surface area contributed by atoms with E-state index in [9.17, 15) is 19.8 Å². The fourth-order valence-corrected chi connectivity index (χ4v) is 4.79. The van der Waals surface area contributed by atoms with Crippen molar-refractivity contribution in [1.82, 2.24) is 9.88 Å². The Morgan fingerprint density at radius 3 is 2.46 bits per heavy atom. The zero-order valence-corrected chi connectivity index (χ0v) is 21.6. The van der Waals surface area contributed by atoms with Gasteiger partial charge in [0, 0.05) is 18.5 Å². The van der Waals surface area contributed by atoms with Gasteiger partial charge in [0.05, 0.1) is 18.2 Å². The Kier molecular flexibility index (Phi) is 7.45. The minimum Gasteiger partial charge on any atom is -0.508 e. The molecule has 1 fully saturated rings. The van der Waals surface area contributed by atoms with E-state index in [4.69, 9.17) is 4.74 Å². The molecule has 8 heteroatoms. The van der Waals surface area contributed by atoms with Crippen molar-refractivity contribution in [2.45, 2.75) is 32.5 Å². The molecule has 8 nitrogen and oxygen atoms in total. The minimum absolute atomic E-state index is 0.0218. The fourth-order valence-electron chi connectivity index (χ4n) is 4.79. The number of ketones is 1. The number of imidazole rings is 1. The number of amides is 1. The van der Waals surface area contributed by atoms with Crippen LogP contribution in [0.15, 0.2) is 97.1 Å². The monoisotopic (exact) mass is 524 g/mol. The Bertz CT molecular complexity index is 1490. The third-order valence-electron chi connectivity index (χ3n) is 6.95. The van der Waals surface area contributed by atoms with Crippen molar-refractivity contribution in [3.8, 4) is 11.5 Å². The van der Waals surface area contributed by atoms with Gasteiger partial charge in [0.15, 0.2) is 0 Å². The van der Waals surface area contributed by atoms with E-state index in [0.29, 0.717) is 43.0 Å². The zero-order valence-electron chi connectivity index (χ0n) is 21.6. The molecule has 1 unspecified atom stereocenters. The average Bonchev–Trinajstić information content (AvgIpc) is 3.55. The molecule has 4 aromatic rings. The van der Waals surface area contributed by atoms with Gasteiger partial charge in [-0.1, -0.05) is 36.4 Å². The topological polar surface area (TPSA) is 107 Å². The quantitative estimate of drug-likeness (QED) is 0.130. The number of hydrogen-bond acceptors (Lipinski definition) is 5. The Morgan fingerprint density at radius 1 is 1.03 bits per heavy atom. The molecule has 0 saturated carbocycles. The molecular formula is C31H30N3O5+. The lowest BCUT2D eigenvalue weighted by Crippen LogP contribution is -2.36. The first-order valence-electron chi connectivity index (χ1n) is 12.8. The summed E-state index contributed by atoms with van der Waals surface area (Å²) in [7, 11) is 0. The number of phenolic OH excluding ortho intramolecular Hbond substituents is 1. The highest BCUT2D eigenvalue weighted by Gasteiger charge is 2.45. The summed E-state index contributed by atoms with van der Waals surface area (Å²) in [4.78, 5) is 30.9. The van der Waals surface area contributed by atoms with Crippen LogP contribution in [-0.4, -0.2) is 38.3 Å². The van der Waals surface area contributed by atoms with E-state index in [1.165, 1.54) is 17.0 Å². The first-order chi connectivity index (χ1) is 18.9. The van der Waals surface area contributed by atoms with Crippen molar-refractivity contribution >= 4 is 17.4 Å². The van der Waals surface area contributed by atoms with Gasteiger partial charge < -0.3 is 19.8 Å². The van der Waals surface area contributed by atoms with Crippen LogP contribution < -0.4 is 9.30 Å². The number of aromatic nitrogens is 2. The number of aromatic hydroxyl groups is 1. The van der Waals surface area contributed by atoms with Gasteiger partial charge >= 0.3 is 0 Å². The number of aliphatic hydroxyl groups excluding tert-OH is 1. The number of ether oxygens (including phenoxy) is 1. The van der Waals surface area contributed by atoms with E-state index < -0.39 is 17.7 Å². The van der Waals surface area contributed by atoms with Crippen molar-refractivity contribution in [3.63, 3.8) is 0 Å². The Morgan fingerprint density at radius 2 is 1.77 bits per heavy atom. The maximum absolute atomic E-state index is 13.2. The van der Waals surface area contributed by atoms with Crippen molar-refractivity contribution in [3.05, 3.63) is 119 Å². The van der Waals surface area contributed by atoms with E-state index in [2.05, 4.69) is 4.98 Å². The van der Waals surface area contributed by atoms with Crippen LogP contribution >= 0.6 is 0 Å². The normalized spacial score (nSPS) is 16.5. The van der Waals surface area contributed by atoms with Gasteiger partial charge in [-0.15, -0.1) is 0 Å². The smallest absolute Gasteiger partial charge is 0.295 e. The van der Waals surface area contributed by atoms with Crippen LogP contribution in [0.5, 0.6) is 11.5 Å². The molecule has 0 bridgehead atoms. The molecule has 5 rings (SSSR count). The second kappa shape index (κ2) is 11.3. The molecule has 3 N–H and O–H groups in total. The number of phenols is 1. The lowest BCUT2D eigenvalue weighted by molar-refractivity contribution is -0.695. The van der Waals surface area contributed by atoms with Gasteiger partial charge in [-0.05, 0) is 60.0 Å². The van der Waals surface area contributed by atoms with Crippen LogP contribution in [-0.2, 0) is 22.7 Å². The van der Waals surface area contributed by atoms with E-state index in [-0.39, 0.29) is 17.1 Å². The molecule has 1 aromatic heterocycles. The Balaban J connectivity index is 1.41. The number of Topliss-reactive ketones (excluding diaryl/α,β-unsaturated/α-hetero) is 1. The largest absolute Gasteiger partial charge is 0.508 e. The van der Waals surface area contributed by atoms with E-state index >= 15 is 0 Å². The maximum Gasteiger partial charge on any atom is 0.295 e. The molecular weight excluding hydrogens is 494 g/mol. The molecule has 39 heavy (non-hydrogen) atoms. The highest BCUT2D eigenvalue weighted by atomic mass is 16.5. The summed E-state index contributed by atoms with van der Waals surface area (Å²) in [6.07, 6.45) is 6.12. The molecule has 1 amide bonds. The molecule has 0 aliphatic carbocycles. The number of nitrogens with zero attached hydrogens (tertiary/aromatic N) is 2. The second-order valence-electron chi connectivity index (χ2n) is 9.53. The van der Waals surface area contributed by atoms with Crippen LogP contribution in [0.2, 0.25) is 0 Å². The highest BCUT2D eigenvalue weighted by Crippen LogP contribution is 2.40. The number of H-pyrrole nitrogens is 1. The number of aromatic amines is 1. The molecule has 1 aliphatic rings. The van der Waals surface area contributed by atoms with Crippen LogP contribution in [0.4, 0.5) is 0 Å². The highest BCUT2D eigenvalue weighted by molar-refractivity contribution is 6.46. The number of carbonyl (C=O) groups excluding carboxylic acids is 2. The Hall–Kier alpha value is -4.85. The molecule has 198 valence electrons. The summed E-state index contributed by atoms with van der Waals surface area (Å²) in [6.45, 7) is 3.40. The minimum atomic E-state index is -0.779. The first-order valence-corrected chi connectivity index (χ1v) is 12.8. The molecule has 3 aromatic carbocycles. The second-order valence-corrected chi connectivity index (χ2v) is 9.53. The summed E-state index contributed by atoms with van der Waals surface area (Å²) < 4.78 is 7.86. The molecule has 1 saturated heterocycles. The number of hydrogen-bond donors (Lipinski definition) is 3. The number of carbonyl (C=O) groups is 2. The standard InChI is InChI=1S/C31H29N3O5/c1-21-5-2-3-6-24(21)19-39-26-13-9-23(10-14-26)29(36)27-28(22-7-11-25(35)12-8-22)34(31(38)30(27)37)17-4-16-33-18-15-32-20-33/h2-3,5-15,18,20,28H,4,16-17,19H2,1H3,(H2,35,36,37)/p+1. The first kappa shape index (κ1) is 25.8. The van der Waals surface area contributed by atoms with Crippen molar-refractivity contribution in [2.24, 2.45) is 0 Å². The van der Waals surface area contributed by atoms with Crippen molar-refractivity contribution in [2.75, 3.05) is 6.54 Å². The number of aliphatic hydroxyl groups is 1. The van der Waals surface area contributed by atoms with Crippen molar-refractivity contribution < 1.29 is 29.1 Å². The van der Waals surface area contributed by atoms with Gasteiger partial charge in [-0.3, -0.25) is 14.6 Å². The summed E-state index contributed by atoms with van der Waals surface area (Å²) in [6, 6.07) is 20.3. The van der Waals surface area contributed by atoms with Crippen LogP contribution in [0.3, 0.4) is 0 Å². The predicted octanol–water partition coefficient (Wildman–Crippen LogP) is 4.41. The molecule has 1 atom stereocenters. The third kappa shape index (κ3) is 5.55. The molecule has 0 spiro atoms. The van der Waals surface area contributed by atoms with Gasteiger partial charge in [0.25, 0.3) is 11.7 Å². The average molecular weight is 525 g/mol. The third-order valence-corrected chi connectivity index (χ3v) is 6.95. The lowest BCUT2D eigenvalue weighted by atomic mass is 9.95. The van der Waals surface area contributed by atoms with Crippen molar-refractivity contribution in [1.29, 1.82) is 0 Å². The van der Waals surface area contributed by atoms with Gasteiger partial charge in [0.1, 0.15) is 36.3 Å². The van der Waals surface area contributed by atoms with E-state index in [1.807, 2.05) is 54.5 Å². The fraction of sp³-hybridized carbons (Fsp3) is 0.194. The van der Waals surface area contributed by atoms with Gasteiger partial charge in [-0.25, -0.2) is 4.57 Å². The zero-order chi connectivity index (χ0) is 27.4. The van der Waals surface area contributed by atoms with E-state index in [0.717, 1.165) is 11.1 Å². The summed E-state index contributed by atoms with van der Waals surface area (Å²) in [5.41, 5.74) is 3.27. The van der Waals surface area contributed by atoms with Gasteiger partial charge in [0.2, 0.25) is 6.33 Å². The summed E-state index contributed by atoms with van der Waals surface area (Å²) in [5, 5.41) is 21.1. The van der Waals surface area contributed by atoms with E-state index in [1.54, 1.807) is 36.4 Å².